The second kappa shape index (κ2) is 2.96. The molecular formula is C7H10F3NO2S. The van der Waals surface area contributed by atoms with Gasteiger partial charge in [-0.25, -0.2) is 8.42 Å². The third kappa shape index (κ3) is 1.44. The van der Waals surface area contributed by atoms with E-state index in [2.05, 4.69) is 6.58 Å². The van der Waals surface area contributed by atoms with Gasteiger partial charge in [0.25, 0.3) is 0 Å². The number of rotatable bonds is 2. The molecule has 1 unspecified atom stereocenters. The van der Waals surface area contributed by atoms with Gasteiger partial charge < -0.3 is 0 Å². The smallest absolute Gasteiger partial charge is 0.203 e. The maximum atomic E-state index is 12.1. The first kappa shape index (κ1) is 11.5. The molecule has 0 aromatic rings. The molecule has 1 aliphatic heterocycles. The van der Waals surface area contributed by atoms with Gasteiger partial charge in [-0.1, -0.05) is 6.08 Å². The topological polar surface area (TPSA) is 37.4 Å². The molecule has 1 atom stereocenters. The Bertz CT molecular complexity index is 348. The molecule has 1 fully saturated rings. The van der Waals surface area contributed by atoms with Gasteiger partial charge in [0, 0.05) is 6.54 Å². The summed E-state index contributed by atoms with van der Waals surface area (Å²) in [5.41, 5.74) is -6.31. The zero-order valence-electron chi connectivity index (χ0n) is 7.50. The molecule has 0 aromatic carbocycles. The van der Waals surface area contributed by atoms with E-state index in [1.807, 2.05) is 0 Å². The van der Waals surface area contributed by atoms with Crippen molar-refractivity contribution >= 4 is 10.0 Å². The Balaban J connectivity index is 3.03. The van der Waals surface area contributed by atoms with Crippen molar-refractivity contribution in [2.24, 2.45) is 0 Å². The minimum atomic E-state index is -5.22. The summed E-state index contributed by atoms with van der Waals surface area (Å²) >= 11 is 0. The maximum Gasteiger partial charge on any atom is 0.511 e. The molecule has 1 aliphatic rings. The standard InChI is InChI=1S/C7H10F3NO2S/c1-3-6(2)4-5-11(6)14(12,13)7(8,9)10/h3H,1,4-5H2,2H3. The lowest BCUT2D eigenvalue weighted by atomic mass is 9.91. The van der Waals surface area contributed by atoms with Gasteiger partial charge in [0.2, 0.25) is 0 Å². The predicted octanol–water partition coefficient (Wildman–Crippen LogP) is 1.49. The van der Waals surface area contributed by atoms with E-state index in [-0.39, 0.29) is 6.54 Å². The molecule has 0 amide bonds. The summed E-state index contributed by atoms with van der Waals surface area (Å²) < 4.78 is 58.7. The van der Waals surface area contributed by atoms with Crippen molar-refractivity contribution < 1.29 is 21.6 Å². The van der Waals surface area contributed by atoms with Gasteiger partial charge in [-0.2, -0.15) is 17.5 Å². The molecular weight excluding hydrogens is 219 g/mol. The van der Waals surface area contributed by atoms with Crippen molar-refractivity contribution in [2.75, 3.05) is 6.54 Å². The molecule has 7 heteroatoms. The highest BCUT2D eigenvalue weighted by atomic mass is 32.2. The third-order valence-electron chi connectivity index (χ3n) is 2.41. The van der Waals surface area contributed by atoms with Gasteiger partial charge in [0.1, 0.15) is 0 Å². The zero-order chi connectivity index (χ0) is 11.2. The van der Waals surface area contributed by atoms with Crippen LogP contribution in [0.3, 0.4) is 0 Å². The molecule has 0 N–H and O–H groups in total. The van der Waals surface area contributed by atoms with Crippen LogP contribution in [0.4, 0.5) is 13.2 Å². The van der Waals surface area contributed by atoms with Crippen LogP contribution >= 0.6 is 0 Å². The van der Waals surface area contributed by atoms with Crippen LogP contribution in [0.15, 0.2) is 12.7 Å². The van der Waals surface area contributed by atoms with E-state index in [4.69, 9.17) is 0 Å². The van der Waals surface area contributed by atoms with Crippen LogP contribution in [0.2, 0.25) is 0 Å². The molecule has 1 saturated heterocycles. The van der Waals surface area contributed by atoms with E-state index >= 15 is 0 Å². The molecule has 1 heterocycles. The lowest BCUT2D eigenvalue weighted by molar-refractivity contribution is -0.0555. The molecule has 3 nitrogen and oxygen atoms in total. The van der Waals surface area contributed by atoms with Crippen LogP contribution < -0.4 is 0 Å². The lowest BCUT2D eigenvalue weighted by Gasteiger charge is -2.47. The van der Waals surface area contributed by atoms with Crippen LogP contribution in [0, 0.1) is 0 Å². The minimum Gasteiger partial charge on any atom is -0.203 e. The molecule has 82 valence electrons. The Morgan fingerprint density at radius 3 is 2.21 bits per heavy atom. The third-order valence-corrected chi connectivity index (χ3v) is 4.18. The number of alkyl halides is 3. The quantitative estimate of drug-likeness (QED) is 0.673. The van der Waals surface area contributed by atoms with Gasteiger partial charge in [-0.3, -0.25) is 0 Å². The van der Waals surface area contributed by atoms with Gasteiger partial charge in [-0.15, -0.1) is 6.58 Å². The number of hydrogen-bond acceptors (Lipinski definition) is 2. The summed E-state index contributed by atoms with van der Waals surface area (Å²) in [6.45, 7) is 4.63. The summed E-state index contributed by atoms with van der Waals surface area (Å²) in [6.07, 6.45) is 1.59. The lowest BCUT2D eigenvalue weighted by Crippen LogP contribution is -2.61. The Hall–Kier alpha value is -0.560. The summed E-state index contributed by atoms with van der Waals surface area (Å²) in [6, 6.07) is 0. The first-order chi connectivity index (χ1) is 6.15. The normalized spacial score (nSPS) is 29.7. The fraction of sp³-hybridized carbons (Fsp3) is 0.714. The fourth-order valence-electron chi connectivity index (χ4n) is 1.28. The van der Waals surface area contributed by atoms with Crippen molar-refractivity contribution in [3.8, 4) is 0 Å². The largest absolute Gasteiger partial charge is 0.511 e. The molecule has 0 bridgehead atoms. The SMILES string of the molecule is C=CC1(C)CCN1S(=O)(=O)C(F)(F)F. The van der Waals surface area contributed by atoms with Gasteiger partial charge in [-0.05, 0) is 13.3 Å². The maximum absolute atomic E-state index is 12.1. The molecule has 14 heavy (non-hydrogen) atoms. The van der Waals surface area contributed by atoms with Crippen molar-refractivity contribution in [3.63, 3.8) is 0 Å². The average molecular weight is 229 g/mol. The molecule has 1 rings (SSSR count). The Kier molecular flexibility index (Phi) is 2.44. The Morgan fingerprint density at radius 1 is 1.50 bits per heavy atom. The molecule has 0 aliphatic carbocycles. The number of nitrogens with zero attached hydrogens (tertiary/aromatic N) is 1. The minimum absolute atomic E-state index is 0.107. The van der Waals surface area contributed by atoms with Crippen molar-refractivity contribution in [1.82, 2.24) is 4.31 Å². The molecule has 0 spiro atoms. The summed E-state index contributed by atoms with van der Waals surface area (Å²) in [4.78, 5) is 0. The second-order valence-corrected chi connectivity index (χ2v) is 5.19. The van der Waals surface area contributed by atoms with Crippen LogP contribution in [-0.4, -0.2) is 30.3 Å². The number of hydrogen-bond donors (Lipinski definition) is 0. The van der Waals surface area contributed by atoms with Crippen molar-refractivity contribution in [1.29, 1.82) is 0 Å². The Labute approximate surface area is 80.3 Å². The van der Waals surface area contributed by atoms with Crippen LogP contribution in [0.5, 0.6) is 0 Å². The molecule has 0 saturated carbocycles. The summed E-state index contributed by atoms with van der Waals surface area (Å²) in [5, 5.41) is 0. The first-order valence-electron chi connectivity index (χ1n) is 3.88. The van der Waals surface area contributed by atoms with Crippen LogP contribution in [-0.2, 0) is 10.0 Å². The van der Waals surface area contributed by atoms with Crippen LogP contribution in [0.1, 0.15) is 13.3 Å². The van der Waals surface area contributed by atoms with E-state index < -0.39 is 21.1 Å². The Morgan fingerprint density at radius 2 is 2.00 bits per heavy atom. The van der Waals surface area contributed by atoms with E-state index in [9.17, 15) is 21.6 Å². The molecule has 0 radical (unpaired) electrons. The van der Waals surface area contributed by atoms with Gasteiger partial charge in [0.15, 0.2) is 0 Å². The van der Waals surface area contributed by atoms with E-state index in [1.165, 1.54) is 13.0 Å². The second-order valence-electron chi connectivity index (χ2n) is 3.33. The molecule has 0 aromatic heterocycles. The van der Waals surface area contributed by atoms with Crippen molar-refractivity contribution in [3.05, 3.63) is 12.7 Å². The van der Waals surface area contributed by atoms with Gasteiger partial charge >= 0.3 is 15.5 Å². The van der Waals surface area contributed by atoms with Crippen LogP contribution in [0.25, 0.3) is 0 Å². The highest BCUT2D eigenvalue weighted by Gasteiger charge is 2.57. The zero-order valence-corrected chi connectivity index (χ0v) is 8.32. The van der Waals surface area contributed by atoms with Crippen molar-refractivity contribution in [2.45, 2.75) is 24.4 Å². The summed E-state index contributed by atoms with van der Waals surface area (Å²) in [5.74, 6) is 0. The van der Waals surface area contributed by atoms with E-state index in [0.717, 1.165) is 0 Å². The van der Waals surface area contributed by atoms with E-state index in [1.54, 1.807) is 0 Å². The van der Waals surface area contributed by atoms with Gasteiger partial charge in [0.05, 0.1) is 5.54 Å². The number of halogens is 3. The number of sulfonamides is 1. The summed E-state index contributed by atoms with van der Waals surface area (Å²) in [7, 11) is -5.20. The predicted molar refractivity (Wildman–Crippen MR) is 44.9 cm³/mol. The average Bonchev–Trinajstić information content (AvgIpc) is 1.98. The highest BCUT2D eigenvalue weighted by molar-refractivity contribution is 7.90. The monoisotopic (exact) mass is 229 g/mol. The van der Waals surface area contributed by atoms with E-state index in [0.29, 0.717) is 10.7 Å². The fourth-order valence-corrected chi connectivity index (χ4v) is 2.58. The highest BCUT2D eigenvalue weighted by Crippen LogP contribution is 2.39. The first-order valence-corrected chi connectivity index (χ1v) is 5.32.